The lowest BCUT2D eigenvalue weighted by Gasteiger charge is -2.13. The van der Waals surface area contributed by atoms with Crippen molar-refractivity contribution in [2.45, 2.75) is 19.5 Å². The van der Waals surface area contributed by atoms with Crippen molar-refractivity contribution in [3.63, 3.8) is 0 Å². The first-order valence-electron chi connectivity index (χ1n) is 6.50. The molecule has 2 aromatic rings. The van der Waals surface area contributed by atoms with Crippen molar-refractivity contribution in [1.29, 1.82) is 0 Å². The van der Waals surface area contributed by atoms with Crippen molar-refractivity contribution in [3.05, 3.63) is 40.7 Å². The molecule has 2 rings (SSSR count). The summed E-state index contributed by atoms with van der Waals surface area (Å²) in [6.45, 7) is 2.62. The average molecular weight is 274 g/mol. The van der Waals surface area contributed by atoms with E-state index in [0.29, 0.717) is 17.4 Å². The maximum absolute atomic E-state index is 11.9. The molecule has 106 valence electrons. The average Bonchev–Trinajstić information content (AvgIpc) is 2.48. The van der Waals surface area contributed by atoms with Crippen LogP contribution < -0.4 is 16.1 Å². The fraction of sp³-hybridized carbons (Fsp3) is 0.357. The molecule has 1 amide bonds. The largest absolute Gasteiger partial charge is 0.353 e. The minimum Gasteiger partial charge on any atom is -0.353 e. The third-order valence-electron chi connectivity index (χ3n) is 3.15. The third kappa shape index (κ3) is 3.21. The smallest absolute Gasteiger partial charge is 0.241 e. The van der Waals surface area contributed by atoms with Gasteiger partial charge in [-0.05, 0) is 26.1 Å². The summed E-state index contributed by atoms with van der Waals surface area (Å²) in [4.78, 5) is 23.6. The second-order valence-corrected chi connectivity index (χ2v) is 4.68. The number of hydrogen-bond donors (Lipinski definition) is 2. The Bertz CT molecular complexity index is 666. The Morgan fingerprint density at radius 3 is 2.90 bits per heavy atom. The predicted octanol–water partition coefficient (Wildman–Crippen LogP) is 0.121. The summed E-state index contributed by atoms with van der Waals surface area (Å²) in [6.07, 6.45) is 1.24. The van der Waals surface area contributed by atoms with Crippen LogP contribution in [0.15, 0.2) is 35.3 Å². The first kappa shape index (κ1) is 14.2. The van der Waals surface area contributed by atoms with E-state index in [-0.39, 0.29) is 23.9 Å². The topological polar surface area (TPSA) is 76.0 Å². The zero-order valence-corrected chi connectivity index (χ0v) is 11.6. The van der Waals surface area contributed by atoms with Gasteiger partial charge in [0.1, 0.15) is 6.54 Å². The van der Waals surface area contributed by atoms with Gasteiger partial charge >= 0.3 is 0 Å². The molecule has 0 aliphatic rings. The highest BCUT2D eigenvalue weighted by Crippen LogP contribution is 2.07. The summed E-state index contributed by atoms with van der Waals surface area (Å²) in [7, 11) is 1.84. The Morgan fingerprint density at radius 1 is 1.40 bits per heavy atom. The van der Waals surface area contributed by atoms with E-state index in [9.17, 15) is 9.59 Å². The minimum absolute atomic E-state index is 0.0945. The minimum atomic E-state index is -0.138. The lowest BCUT2D eigenvalue weighted by Crippen LogP contribution is -2.38. The monoisotopic (exact) mass is 274 g/mol. The molecule has 0 fully saturated rings. The number of nitrogens with one attached hydrogen (secondary N) is 2. The summed E-state index contributed by atoms with van der Waals surface area (Å²) in [5.41, 5.74) is 0.526. The van der Waals surface area contributed by atoms with Gasteiger partial charge in [0.2, 0.25) is 11.3 Å². The van der Waals surface area contributed by atoms with Crippen molar-refractivity contribution >= 4 is 16.8 Å². The summed E-state index contributed by atoms with van der Waals surface area (Å²) >= 11 is 0. The normalized spacial score (nSPS) is 12.3. The predicted molar refractivity (Wildman–Crippen MR) is 77.5 cm³/mol. The molecule has 0 aliphatic heterocycles. The van der Waals surface area contributed by atoms with Gasteiger partial charge in [-0.1, -0.05) is 12.1 Å². The van der Waals surface area contributed by atoms with E-state index >= 15 is 0 Å². The number of nitrogens with zero attached hydrogens (tertiary/aromatic N) is 2. The molecule has 0 saturated heterocycles. The van der Waals surface area contributed by atoms with Crippen LogP contribution in [0.3, 0.4) is 0 Å². The zero-order valence-electron chi connectivity index (χ0n) is 11.6. The van der Waals surface area contributed by atoms with Gasteiger partial charge in [0.15, 0.2) is 0 Å². The number of amides is 1. The first-order valence-corrected chi connectivity index (χ1v) is 6.50. The lowest BCUT2D eigenvalue weighted by molar-refractivity contribution is -0.121. The van der Waals surface area contributed by atoms with E-state index in [1.165, 1.54) is 10.9 Å². The van der Waals surface area contributed by atoms with E-state index in [1.54, 1.807) is 18.2 Å². The molecule has 0 aliphatic carbocycles. The third-order valence-corrected chi connectivity index (χ3v) is 3.15. The number of aromatic nitrogens is 2. The van der Waals surface area contributed by atoms with E-state index in [4.69, 9.17) is 0 Å². The first-order chi connectivity index (χ1) is 9.61. The van der Waals surface area contributed by atoms with Crippen molar-refractivity contribution in [2.75, 3.05) is 13.6 Å². The number of fused-ring (bicyclic) bond motifs is 1. The molecule has 0 saturated carbocycles. The Kier molecular flexibility index (Phi) is 4.47. The number of likely N-dealkylation sites (N-methyl/N-ethyl adjacent to an activating group) is 1. The molecule has 1 heterocycles. The molecule has 20 heavy (non-hydrogen) atoms. The maximum atomic E-state index is 11.9. The molecule has 6 heteroatoms. The van der Waals surface area contributed by atoms with E-state index in [2.05, 4.69) is 15.7 Å². The van der Waals surface area contributed by atoms with E-state index in [0.717, 1.165) is 0 Å². The van der Waals surface area contributed by atoms with E-state index < -0.39 is 0 Å². The molecular formula is C14H18N4O2. The van der Waals surface area contributed by atoms with Crippen molar-refractivity contribution in [3.8, 4) is 0 Å². The maximum Gasteiger partial charge on any atom is 0.241 e. The van der Waals surface area contributed by atoms with Gasteiger partial charge in [0.05, 0.1) is 11.7 Å². The highest BCUT2D eigenvalue weighted by Gasteiger charge is 2.08. The number of benzene rings is 1. The Labute approximate surface area is 116 Å². The second-order valence-electron chi connectivity index (χ2n) is 4.68. The van der Waals surface area contributed by atoms with Crippen LogP contribution in [0.2, 0.25) is 0 Å². The van der Waals surface area contributed by atoms with Gasteiger partial charge in [-0.15, -0.1) is 0 Å². The van der Waals surface area contributed by atoms with Gasteiger partial charge in [0.25, 0.3) is 0 Å². The SMILES string of the molecule is CNC(C)CNC(=O)Cn1ncc(=O)c2ccccc21. The fourth-order valence-corrected chi connectivity index (χ4v) is 1.85. The number of rotatable bonds is 5. The van der Waals surface area contributed by atoms with Crippen LogP contribution in [0.4, 0.5) is 0 Å². The highest BCUT2D eigenvalue weighted by atomic mass is 16.2. The van der Waals surface area contributed by atoms with Crippen LogP contribution in [-0.4, -0.2) is 35.3 Å². The number of hydrogen-bond acceptors (Lipinski definition) is 4. The van der Waals surface area contributed by atoms with Crippen molar-refractivity contribution in [2.24, 2.45) is 0 Å². The molecule has 0 bridgehead atoms. The van der Waals surface area contributed by atoms with Gasteiger partial charge in [-0.3, -0.25) is 14.3 Å². The van der Waals surface area contributed by atoms with E-state index in [1.807, 2.05) is 20.0 Å². The van der Waals surface area contributed by atoms with Crippen LogP contribution in [0.25, 0.3) is 10.9 Å². The highest BCUT2D eigenvalue weighted by molar-refractivity contribution is 5.81. The van der Waals surface area contributed by atoms with Crippen LogP contribution >= 0.6 is 0 Å². The standard InChI is InChI=1S/C14H18N4O2/c1-10(15-2)7-16-14(20)9-18-12-6-4-3-5-11(12)13(19)8-17-18/h3-6,8,10,15H,7,9H2,1-2H3,(H,16,20). The number of carbonyl (C=O) groups is 1. The van der Waals surface area contributed by atoms with Gasteiger partial charge in [0, 0.05) is 18.0 Å². The zero-order chi connectivity index (χ0) is 14.5. The molecule has 1 atom stereocenters. The molecule has 1 aromatic carbocycles. The van der Waals surface area contributed by atoms with Crippen molar-refractivity contribution < 1.29 is 4.79 Å². The number of para-hydroxylation sites is 1. The molecule has 0 spiro atoms. The lowest BCUT2D eigenvalue weighted by atomic mass is 10.2. The molecule has 1 aromatic heterocycles. The van der Waals surface area contributed by atoms with Crippen LogP contribution in [-0.2, 0) is 11.3 Å². The summed E-state index contributed by atoms with van der Waals surface area (Å²) in [6, 6.07) is 7.34. The Morgan fingerprint density at radius 2 is 2.15 bits per heavy atom. The van der Waals surface area contributed by atoms with Crippen LogP contribution in [0, 0.1) is 0 Å². The van der Waals surface area contributed by atoms with Crippen LogP contribution in [0.5, 0.6) is 0 Å². The Balaban J connectivity index is 2.16. The van der Waals surface area contributed by atoms with Crippen LogP contribution in [0.1, 0.15) is 6.92 Å². The molecule has 6 nitrogen and oxygen atoms in total. The molecule has 1 unspecified atom stereocenters. The molecule has 0 radical (unpaired) electrons. The summed E-state index contributed by atoms with van der Waals surface area (Å²) in [5.74, 6) is -0.131. The van der Waals surface area contributed by atoms with Crippen molar-refractivity contribution in [1.82, 2.24) is 20.4 Å². The molecular weight excluding hydrogens is 256 g/mol. The van der Waals surface area contributed by atoms with Gasteiger partial charge in [-0.2, -0.15) is 5.10 Å². The summed E-state index contributed by atoms with van der Waals surface area (Å²) < 4.78 is 1.54. The van der Waals surface area contributed by atoms with Gasteiger partial charge in [-0.25, -0.2) is 0 Å². The fourth-order valence-electron chi connectivity index (χ4n) is 1.85. The molecule has 2 N–H and O–H groups in total. The Hall–Kier alpha value is -2.21. The summed E-state index contributed by atoms with van der Waals surface area (Å²) in [5, 5.41) is 10.5. The van der Waals surface area contributed by atoms with Gasteiger partial charge < -0.3 is 10.6 Å². The quantitative estimate of drug-likeness (QED) is 0.812. The number of carbonyl (C=O) groups excluding carboxylic acids is 1. The second kappa shape index (κ2) is 6.29.